The summed E-state index contributed by atoms with van der Waals surface area (Å²) in [5.41, 5.74) is 3.59. The van der Waals surface area contributed by atoms with Gasteiger partial charge in [-0.3, -0.25) is 5.10 Å². The van der Waals surface area contributed by atoms with Crippen LogP contribution in [0.5, 0.6) is 5.75 Å². The van der Waals surface area contributed by atoms with Gasteiger partial charge in [0, 0.05) is 11.3 Å². The maximum Gasteiger partial charge on any atom is 0.196 e. The summed E-state index contributed by atoms with van der Waals surface area (Å²) in [6.07, 6.45) is 1.78. The molecule has 1 aromatic heterocycles. The monoisotopic (exact) mass is 294 g/mol. The molecule has 2 heterocycles. The van der Waals surface area contributed by atoms with Crippen molar-refractivity contribution in [2.45, 2.75) is 19.8 Å². The third kappa shape index (κ3) is 2.13. The van der Waals surface area contributed by atoms with Crippen LogP contribution in [0.3, 0.4) is 0 Å². The van der Waals surface area contributed by atoms with Gasteiger partial charge in [-0.2, -0.15) is 5.10 Å². The molecule has 0 saturated heterocycles. The number of hydrogen-bond acceptors (Lipinski definition) is 3. The van der Waals surface area contributed by atoms with E-state index in [0.717, 1.165) is 28.4 Å². The highest BCUT2D eigenvalue weighted by atomic mass is 16.5. The van der Waals surface area contributed by atoms with E-state index < -0.39 is 0 Å². The lowest BCUT2D eigenvalue weighted by atomic mass is 9.84. The molecule has 0 saturated carbocycles. The van der Waals surface area contributed by atoms with Crippen LogP contribution in [0.4, 0.5) is 5.82 Å². The van der Waals surface area contributed by atoms with Crippen molar-refractivity contribution in [2.75, 3.05) is 12.4 Å². The highest BCUT2D eigenvalue weighted by Gasteiger charge is 2.33. The molecular weight excluding hydrogens is 276 g/mol. The van der Waals surface area contributed by atoms with Crippen LogP contribution in [0.1, 0.15) is 30.9 Å². The van der Waals surface area contributed by atoms with Crippen LogP contribution >= 0.6 is 0 Å². The molecule has 5 heteroatoms. The summed E-state index contributed by atoms with van der Waals surface area (Å²) in [4.78, 5) is 3.83. The fourth-order valence-electron chi connectivity index (χ4n) is 2.90. The maximum atomic E-state index is 7.68. The number of nitrogens with one attached hydrogen (secondary N) is 2. The zero-order valence-electron chi connectivity index (χ0n) is 12.8. The number of allylic oxidation sites excluding steroid dienone is 2. The van der Waals surface area contributed by atoms with Crippen LogP contribution in [0.15, 0.2) is 41.9 Å². The number of methoxy groups -OCH3 is 1. The van der Waals surface area contributed by atoms with Gasteiger partial charge in [0.15, 0.2) is 5.70 Å². The van der Waals surface area contributed by atoms with E-state index in [0.29, 0.717) is 5.70 Å². The van der Waals surface area contributed by atoms with Crippen LogP contribution in [0.2, 0.25) is 0 Å². The molecule has 2 aromatic rings. The molecule has 0 spiro atoms. The van der Waals surface area contributed by atoms with Gasteiger partial charge in [0.05, 0.1) is 25.8 Å². The number of rotatable bonds is 3. The van der Waals surface area contributed by atoms with Gasteiger partial charge in [0.25, 0.3) is 0 Å². The fourth-order valence-corrected chi connectivity index (χ4v) is 2.90. The summed E-state index contributed by atoms with van der Waals surface area (Å²) in [5.74, 6) is 1.69. The molecule has 0 aliphatic carbocycles. The summed E-state index contributed by atoms with van der Waals surface area (Å²) in [5, 5.41) is 10.4. The third-order valence-electron chi connectivity index (χ3n) is 3.94. The van der Waals surface area contributed by atoms with Crippen molar-refractivity contribution in [3.63, 3.8) is 0 Å². The smallest absolute Gasteiger partial charge is 0.196 e. The average molecular weight is 294 g/mol. The molecule has 0 fully saturated rings. The van der Waals surface area contributed by atoms with E-state index in [2.05, 4.69) is 34.2 Å². The van der Waals surface area contributed by atoms with Crippen molar-refractivity contribution in [3.05, 3.63) is 64.4 Å². The van der Waals surface area contributed by atoms with Gasteiger partial charge < -0.3 is 10.1 Å². The van der Waals surface area contributed by atoms with E-state index in [-0.39, 0.29) is 11.8 Å². The normalized spacial score (nSPS) is 17.0. The zero-order valence-corrected chi connectivity index (χ0v) is 12.8. The summed E-state index contributed by atoms with van der Waals surface area (Å²) in [6, 6.07) is 7.84. The van der Waals surface area contributed by atoms with E-state index >= 15 is 0 Å². The standard InChI is InChI=1S/C17H18N4O/c1-10(2)15-16(18-3)14(12-9-19-21-17(12)20-15)11-7-5-6-8-13(11)22-4/h5-10,14H,1-2,4H3,(H2,19,20,21). The summed E-state index contributed by atoms with van der Waals surface area (Å²) >= 11 is 0. The largest absolute Gasteiger partial charge is 0.496 e. The first kappa shape index (κ1) is 14.2. The fraction of sp³-hybridized carbons (Fsp3) is 0.294. The SMILES string of the molecule is [C-]#[N+]C1=C(C(C)C)Nc2[nH]ncc2C1c1ccccc1OC. The van der Waals surface area contributed by atoms with Crippen molar-refractivity contribution in [2.24, 2.45) is 5.92 Å². The predicted octanol–water partition coefficient (Wildman–Crippen LogP) is 3.76. The van der Waals surface area contributed by atoms with E-state index in [4.69, 9.17) is 11.3 Å². The lowest BCUT2D eigenvalue weighted by Crippen LogP contribution is -2.20. The topological polar surface area (TPSA) is 54.3 Å². The Morgan fingerprint density at radius 2 is 2.05 bits per heavy atom. The van der Waals surface area contributed by atoms with E-state index in [9.17, 15) is 0 Å². The van der Waals surface area contributed by atoms with Crippen LogP contribution in [-0.4, -0.2) is 17.3 Å². The summed E-state index contributed by atoms with van der Waals surface area (Å²) < 4.78 is 5.50. The lowest BCUT2D eigenvalue weighted by molar-refractivity contribution is 0.409. The van der Waals surface area contributed by atoms with Crippen molar-refractivity contribution in [1.29, 1.82) is 0 Å². The van der Waals surface area contributed by atoms with Crippen molar-refractivity contribution >= 4 is 5.82 Å². The average Bonchev–Trinajstić information content (AvgIpc) is 3.00. The number of fused-ring (bicyclic) bond motifs is 1. The number of benzene rings is 1. The molecule has 1 aromatic carbocycles. The van der Waals surface area contributed by atoms with Crippen LogP contribution in [-0.2, 0) is 0 Å². The number of aromatic amines is 1. The Bertz CT molecular complexity index is 767. The van der Waals surface area contributed by atoms with E-state index in [1.165, 1.54) is 0 Å². The minimum atomic E-state index is -0.166. The Morgan fingerprint density at radius 1 is 1.27 bits per heavy atom. The molecule has 1 aliphatic rings. The molecule has 1 atom stereocenters. The zero-order chi connectivity index (χ0) is 15.7. The number of nitrogens with zero attached hydrogens (tertiary/aromatic N) is 2. The maximum absolute atomic E-state index is 7.68. The molecule has 0 radical (unpaired) electrons. The highest BCUT2D eigenvalue weighted by molar-refractivity contribution is 5.64. The van der Waals surface area contributed by atoms with Gasteiger partial charge in [-0.1, -0.05) is 32.0 Å². The number of ether oxygens (including phenoxy) is 1. The molecule has 5 nitrogen and oxygen atoms in total. The number of aromatic nitrogens is 2. The molecule has 0 bridgehead atoms. The molecule has 22 heavy (non-hydrogen) atoms. The third-order valence-corrected chi connectivity index (χ3v) is 3.94. The molecule has 112 valence electrons. The van der Waals surface area contributed by atoms with Gasteiger partial charge in [0.2, 0.25) is 0 Å². The summed E-state index contributed by atoms with van der Waals surface area (Å²) in [6.45, 7) is 11.8. The number of anilines is 1. The van der Waals surface area contributed by atoms with Crippen molar-refractivity contribution in [3.8, 4) is 5.75 Å². The van der Waals surface area contributed by atoms with Crippen molar-refractivity contribution < 1.29 is 4.74 Å². The lowest BCUT2D eigenvalue weighted by Gasteiger charge is -2.28. The Morgan fingerprint density at radius 3 is 2.73 bits per heavy atom. The Kier molecular flexibility index (Phi) is 3.60. The second-order valence-electron chi connectivity index (χ2n) is 5.57. The second-order valence-corrected chi connectivity index (χ2v) is 5.57. The predicted molar refractivity (Wildman–Crippen MR) is 85.5 cm³/mol. The molecule has 1 unspecified atom stereocenters. The number of H-pyrrole nitrogens is 1. The first-order valence-electron chi connectivity index (χ1n) is 7.22. The number of para-hydroxylation sites is 1. The van der Waals surface area contributed by atoms with Gasteiger partial charge in [0.1, 0.15) is 11.6 Å². The minimum absolute atomic E-state index is 0.166. The minimum Gasteiger partial charge on any atom is -0.496 e. The van der Waals surface area contributed by atoms with E-state index in [1.807, 2.05) is 24.3 Å². The molecule has 0 amide bonds. The van der Waals surface area contributed by atoms with Gasteiger partial charge in [-0.25, -0.2) is 4.85 Å². The molecule has 1 aliphatic heterocycles. The van der Waals surface area contributed by atoms with Crippen LogP contribution < -0.4 is 10.1 Å². The van der Waals surface area contributed by atoms with Crippen LogP contribution in [0, 0.1) is 12.5 Å². The van der Waals surface area contributed by atoms with Gasteiger partial charge in [-0.15, -0.1) is 0 Å². The first-order valence-corrected chi connectivity index (χ1v) is 7.22. The van der Waals surface area contributed by atoms with Gasteiger partial charge >= 0.3 is 0 Å². The van der Waals surface area contributed by atoms with E-state index in [1.54, 1.807) is 13.3 Å². The molecule has 2 N–H and O–H groups in total. The Balaban J connectivity index is 2.25. The second kappa shape index (κ2) is 5.57. The molecular formula is C17H18N4O. The highest BCUT2D eigenvalue weighted by Crippen LogP contribution is 2.45. The molecule has 3 rings (SSSR count). The number of hydrogen-bond donors (Lipinski definition) is 2. The van der Waals surface area contributed by atoms with Crippen LogP contribution in [0.25, 0.3) is 4.85 Å². The Hall–Kier alpha value is -2.74. The van der Waals surface area contributed by atoms with Crippen molar-refractivity contribution in [1.82, 2.24) is 10.2 Å². The first-order chi connectivity index (χ1) is 10.7. The Labute approximate surface area is 129 Å². The summed E-state index contributed by atoms with van der Waals surface area (Å²) in [7, 11) is 1.65. The van der Waals surface area contributed by atoms with Gasteiger partial charge in [-0.05, 0) is 17.5 Å². The quantitative estimate of drug-likeness (QED) is 0.847.